The first-order chi connectivity index (χ1) is 9.58. The zero-order chi connectivity index (χ0) is 14.5. The number of carbonyl (C=O) groups is 1. The number of amides is 1. The van der Waals surface area contributed by atoms with Crippen LogP contribution in [0.3, 0.4) is 0 Å². The molecule has 0 aliphatic heterocycles. The lowest BCUT2D eigenvalue weighted by Gasteiger charge is -2.06. The molecule has 0 atom stereocenters. The van der Waals surface area contributed by atoms with Crippen molar-refractivity contribution in [2.24, 2.45) is 0 Å². The number of nitro benzene ring substituents is 1. The van der Waals surface area contributed by atoms with Gasteiger partial charge in [0, 0.05) is 22.8 Å². The van der Waals surface area contributed by atoms with Crippen molar-refractivity contribution in [2.75, 3.05) is 0 Å². The molecule has 0 aliphatic rings. The molecule has 0 saturated heterocycles. The summed E-state index contributed by atoms with van der Waals surface area (Å²) < 4.78 is 0.502. The monoisotopic (exact) mass is 335 g/mol. The van der Waals surface area contributed by atoms with Gasteiger partial charge in [-0.2, -0.15) is 0 Å². The molecule has 1 amide bonds. The maximum Gasteiger partial charge on any atom is 0.270 e. The Morgan fingerprint density at radius 2 is 2.15 bits per heavy atom. The fraction of sp³-hybridized carbons (Fsp3) is 0.0769. The lowest BCUT2D eigenvalue weighted by atomic mass is 10.2. The van der Waals surface area contributed by atoms with E-state index in [1.165, 1.54) is 18.2 Å². The largest absolute Gasteiger partial charge is 0.346 e. The van der Waals surface area contributed by atoms with Crippen LogP contribution in [0.1, 0.15) is 16.1 Å². The molecule has 1 heterocycles. The van der Waals surface area contributed by atoms with Gasteiger partial charge in [0.1, 0.15) is 0 Å². The second-order valence-electron chi connectivity index (χ2n) is 3.93. The average Bonchev–Trinajstić information content (AvgIpc) is 2.46. The normalized spacial score (nSPS) is 10.1. The van der Waals surface area contributed by atoms with Gasteiger partial charge < -0.3 is 5.32 Å². The minimum Gasteiger partial charge on any atom is -0.346 e. The van der Waals surface area contributed by atoms with E-state index in [-0.39, 0.29) is 17.8 Å². The van der Waals surface area contributed by atoms with E-state index in [9.17, 15) is 14.9 Å². The summed E-state index contributed by atoms with van der Waals surface area (Å²) in [7, 11) is 0. The van der Waals surface area contributed by atoms with Gasteiger partial charge in [0.25, 0.3) is 11.6 Å². The van der Waals surface area contributed by atoms with E-state index >= 15 is 0 Å². The Morgan fingerprint density at radius 1 is 1.35 bits per heavy atom. The van der Waals surface area contributed by atoms with Gasteiger partial charge in [0.15, 0.2) is 0 Å². The predicted octanol–water partition coefficient (Wildman–Crippen LogP) is 2.68. The lowest BCUT2D eigenvalue weighted by Crippen LogP contribution is -2.23. The van der Waals surface area contributed by atoms with Gasteiger partial charge in [0.05, 0.1) is 22.7 Å². The highest BCUT2D eigenvalue weighted by Crippen LogP contribution is 2.22. The van der Waals surface area contributed by atoms with Crippen LogP contribution in [-0.2, 0) is 6.54 Å². The van der Waals surface area contributed by atoms with Crippen LogP contribution in [0, 0.1) is 10.1 Å². The third-order valence-corrected chi connectivity index (χ3v) is 3.25. The van der Waals surface area contributed by atoms with Crippen molar-refractivity contribution in [3.8, 4) is 0 Å². The average molecular weight is 336 g/mol. The van der Waals surface area contributed by atoms with Crippen LogP contribution >= 0.6 is 15.9 Å². The number of benzene rings is 1. The van der Waals surface area contributed by atoms with Crippen LogP contribution in [0.5, 0.6) is 0 Å². The van der Waals surface area contributed by atoms with E-state index in [2.05, 4.69) is 26.2 Å². The summed E-state index contributed by atoms with van der Waals surface area (Å²) in [5.74, 6) is -0.397. The molecule has 7 heteroatoms. The number of hydrogen-bond acceptors (Lipinski definition) is 4. The minimum atomic E-state index is -0.540. The molecular weight excluding hydrogens is 326 g/mol. The van der Waals surface area contributed by atoms with Crippen molar-refractivity contribution in [3.63, 3.8) is 0 Å². The first-order valence-electron chi connectivity index (χ1n) is 5.70. The molecule has 0 bridgehead atoms. The SMILES string of the molecule is O=C(NCc1ccccn1)c1cc([N+](=O)[O-])ccc1Br. The standard InChI is InChI=1S/C13H10BrN3O3/c14-12-5-4-10(17(19)20)7-11(12)13(18)16-8-9-3-1-2-6-15-9/h1-7H,8H2,(H,16,18). The highest BCUT2D eigenvalue weighted by atomic mass is 79.9. The Bertz CT molecular complexity index is 647. The number of pyridine rings is 1. The van der Waals surface area contributed by atoms with Crippen LogP contribution in [0.2, 0.25) is 0 Å². The number of nitro groups is 1. The number of carbonyl (C=O) groups excluding carboxylic acids is 1. The number of nitrogens with one attached hydrogen (secondary N) is 1. The van der Waals surface area contributed by atoms with E-state index in [1.807, 2.05) is 6.07 Å². The predicted molar refractivity (Wildman–Crippen MR) is 76.2 cm³/mol. The molecule has 0 spiro atoms. The van der Waals surface area contributed by atoms with Crippen LogP contribution < -0.4 is 5.32 Å². The summed E-state index contributed by atoms with van der Waals surface area (Å²) in [6.45, 7) is 0.259. The van der Waals surface area contributed by atoms with Crippen LogP contribution in [0.4, 0.5) is 5.69 Å². The van der Waals surface area contributed by atoms with Gasteiger partial charge in [-0.3, -0.25) is 19.9 Å². The van der Waals surface area contributed by atoms with Gasteiger partial charge in [-0.15, -0.1) is 0 Å². The molecule has 0 unspecified atom stereocenters. The highest BCUT2D eigenvalue weighted by molar-refractivity contribution is 9.10. The van der Waals surface area contributed by atoms with Crippen LogP contribution in [-0.4, -0.2) is 15.8 Å². The van der Waals surface area contributed by atoms with Crippen molar-refractivity contribution in [2.45, 2.75) is 6.54 Å². The first kappa shape index (κ1) is 14.1. The van der Waals surface area contributed by atoms with Crippen LogP contribution in [0.15, 0.2) is 47.1 Å². The lowest BCUT2D eigenvalue weighted by molar-refractivity contribution is -0.384. The van der Waals surface area contributed by atoms with E-state index in [1.54, 1.807) is 18.3 Å². The highest BCUT2D eigenvalue weighted by Gasteiger charge is 2.15. The number of rotatable bonds is 4. The van der Waals surface area contributed by atoms with Crippen LogP contribution in [0.25, 0.3) is 0 Å². The molecule has 0 radical (unpaired) electrons. The molecule has 0 saturated carbocycles. The molecule has 1 aromatic heterocycles. The molecule has 1 N–H and O–H groups in total. The zero-order valence-corrected chi connectivity index (χ0v) is 11.8. The smallest absolute Gasteiger partial charge is 0.270 e. The summed E-state index contributed by atoms with van der Waals surface area (Å²) in [6, 6.07) is 9.42. The Kier molecular flexibility index (Phi) is 4.41. The third kappa shape index (κ3) is 3.39. The Balaban J connectivity index is 2.13. The summed E-state index contributed by atoms with van der Waals surface area (Å²) in [5.41, 5.74) is 0.800. The third-order valence-electron chi connectivity index (χ3n) is 2.56. The summed E-state index contributed by atoms with van der Waals surface area (Å²) in [4.78, 5) is 26.3. The van der Waals surface area contributed by atoms with Crippen molar-refractivity contribution in [1.29, 1.82) is 0 Å². The van der Waals surface area contributed by atoms with Gasteiger partial charge >= 0.3 is 0 Å². The molecule has 1 aromatic carbocycles. The number of hydrogen-bond donors (Lipinski definition) is 1. The molecule has 102 valence electrons. The summed E-state index contributed by atoms with van der Waals surface area (Å²) in [5, 5.41) is 13.4. The second kappa shape index (κ2) is 6.25. The van der Waals surface area contributed by atoms with Crippen molar-refractivity contribution < 1.29 is 9.72 Å². The van der Waals surface area contributed by atoms with Gasteiger partial charge in [-0.05, 0) is 34.1 Å². The van der Waals surface area contributed by atoms with E-state index in [0.29, 0.717) is 10.2 Å². The minimum absolute atomic E-state index is 0.129. The quantitative estimate of drug-likeness (QED) is 0.687. The molecular formula is C13H10BrN3O3. The Labute approximate surface area is 123 Å². The van der Waals surface area contributed by atoms with Crippen molar-refractivity contribution in [3.05, 3.63) is 68.4 Å². The molecule has 0 fully saturated rings. The maximum atomic E-state index is 12.0. The Hall–Kier alpha value is -2.28. The van der Waals surface area contributed by atoms with Gasteiger partial charge in [0.2, 0.25) is 0 Å². The molecule has 2 rings (SSSR count). The number of nitrogens with zero attached hydrogens (tertiary/aromatic N) is 2. The van der Waals surface area contributed by atoms with Gasteiger partial charge in [-0.1, -0.05) is 6.07 Å². The number of halogens is 1. The van der Waals surface area contributed by atoms with E-state index < -0.39 is 10.8 Å². The number of aromatic nitrogens is 1. The Morgan fingerprint density at radius 3 is 2.80 bits per heavy atom. The molecule has 2 aromatic rings. The van der Waals surface area contributed by atoms with Gasteiger partial charge in [-0.25, -0.2) is 0 Å². The first-order valence-corrected chi connectivity index (χ1v) is 6.49. The fourth-order valence-corrected chi connectivity index (χ4v) is 2.00. The maximum absolute atomic E-state index is 12.0. The topological polar surface area (TPSA) is 85.1 Å². The van der Waals surface area contributed by atoms with E-state index in [4.69, 9.17) is 0 Å². The second-order valence-corrected chi connectivity index (χ2v) is 4.78. The fourth-order valence-electron chi connectivity index (χ4n) is 1.57. The molecule has 20 heavy (non-hydrogen) atoms. The van der Waals surface area contributed by atoms with Crippen molar-refractivity contribution >= 4 is 27.5 Å². The summed E-state index contributed by atoms with van der Waals surface area (Å²) in [6.07, 6.45) is 1.63. The van der Waals surface area contributed by atoms with E-state index in [0.717, 1.165) is 0 Å². The molecule has 6 nitrogen and oxygen atoms in total. The molecule has 0 aliphatic carbocycles. The summed E-state index contributed by atoms with van der Waals surface area (Å²) >= 11 is 3.21. The van der Waals surface area contributed by atoms with Crippen molar-refractivity contribution in [1.82, 2.24) is 10.3 Å². The number of non-ortho nitro benzene ring substituents is 1. The zero-order valence-electron chi connectivity index (χ0n) is 10.2.